The zero-order valence-electron chi connectivity index (χ0n) is 21.8. The van der Waals surface area contributed by atoms with Gasteiger partial charge in [-0.3, -0.25) is 19.0 Å². The SMILES string of the molecule is Cc1cc(CC(=O)NC(C=NC(C)(C)C)=CN)ccc1Oc1ccnc2ccc(S(=O)C3CCC3)cc12. The number of hydrogen-bond donors (Lipinski definition) is 2. The molecule has 3 N–H and O–H groups in total. The highest BCUT2D eigenvalue weighted by molar-refractivity contribution is 7.85. The predicted molar refractivity (Wildman–Crippen MR) is 149 cm³/mol. The maximum absolute atomic E-state index is 12.9. The number of carbonyl (C=O) groups is 1. The minimum atomic E-state index is -1.02. The van der Waals surface area contributed by atoms with E-state index in [2.05, 4.69) is 15.3 Å². The van der Waals surface area contributed by atoms with E-state index in [4.69, 9.17) is 10.5 Å². The third-order valence-corrected chi connectivity index (χ3v) is 7.93. The van der Waals surface area contributed by atoms with Gasteiger partial charge in [0.05, 0.1) is 34.0 Å². The number of nitrogens with one attached hydrogen (secondary N) is 1. The van der Waals surface area contributed by atoms with Crippen molar-refractivity contribution in [2.45, 2.75) is 69.1 Å². The van der Waals surface area contributed by atoms with E-state index in [1.54, 1.807) is 12.4 Å². The highest BCUT2D eigenvalue weighted by Crippen LogP contribution is 2.34. The van der Waals surface area contributed by atoms with Crippen molar-refractivity contribution in [2.24, 2.45) is 10.7 Å². The normalized spacial score (nSPS) is 15.5. The number of fused-ring (bicyclic) bond motifs is 1. The van der Waals surface area contributed by atoms with Crippen molar-refractivity contribution in [2.75, 3.05) is 0 Å². The molecule has 1 aliphatic rings. The van der Waals surface area contributed by atoms with E-state index in [1.165, 1.54) is 6.20 Å². The van der Waals surface area contributed by atoms with Gasteiger partial charge in [-0.05, 0) is 82.0 Å². The van der Waals surface area contributed by atoms with E-state index in [9.17, 15) is 9.00 Å². The first-order valence-electron chi connectivity index (χ1n) is 12.5. The van der Waals surface area contributed by atoms with Gasteiger partial charge in [-0.25, -0.2) is 0 Å². The summed E-state index contributed by atoms with van der Waals surface area (Å²) in [6.07, 6.45) is 7.98. The molecule has 1 amide bonds. The summed E-state index contributed by atoms with van der Waals surface area (Å²) < 4.78 is 19.2. The quantitative estimate of drug-likeness (QED) is 0.392. The number of aryl methyl sites for hydroxylation is 1. The fourth-order valence-corrected chi connectivity index (χ4v) is 5.50. The molecule has 7 nitrogen and oxygen atoms in total. The van der Waals surface area contributed by atoms with Gasteiger partial charge in [0.1, 0.15) is 11.5 Å². The van der Waals surface area contributed by atoms with Crippen LogP contribution in [0.1, 0.15) is 51.2 Å². The number of hydrogen-bond acceptors (Lipinski definition) is 6. The van der Waals surface area contributed by atoms with Crippen LogP contribution in [0.15, 0.2) is 70.4 Å². The first-order valence-corrected chi connectivity index (χ1v) is 13.7. The lowest BCUT2D eigenvalue weighted by Crippen LogP contribution is -2.26. The van der Waals surface area contributed by atoms with Crippen LogP contribution in [0, 0.1) is 6.92 Å². The van der Waals surface area contributed by atoms with Crippen LogP contribution >= 0.6 is 0 Å². The van der Waals surface area contributed by atoms with Crippen LogP contribution in [0.3, 0.4) is 0 Å². The van der Waals surface area contributed by atoms with Gasteiger partial charge in [-0.15, -0.1) is 0 Å². The van der Waals surface area contributed by atoms with Gasteiger partial charge in [-0.1, -0.05) is 18.6 Å². The fourth-order valence-electron chi connectivity index (χ4n) is 3.92. The van der Waals surface area contributed by atoms with Crippen molar-refractivity contribution in [3.05, 3.63) is 71.7 Å². The van der Waals surface area contributed by atoms with Gasteiger partial charge in [0.25, 0.3) is 0 Å². The first kappa shape index (κ1) is 26.5. The number of nitrogens with zero attached hydrogens (tertiary/aromatic N) is 2. The second kappa shape index (κ2) is 11.3. The van der Waals surface area contributed by atoms with Gasteiger partial charge in [0.2, 0.25) is 5.91 Å². The Morgan fingerprint density at radius 1 is 1.19 bits per heavy atom. The van der Waals surface area contributed by atoms with E-state index in [1.807, 2.05) is 70.2 Å². The van der Waals surface area contributed by atoms with E-state index in [0.29, 0.717) is 17.2 Å². The number of benzene rings is 2. The van der Waals surface area contributed by atoms with Crippen LogP contribution in [0.5, 0.6) is 11.5 Å². The van der Waals surface area contributed by atoms with Gasteiger partial charge >= 0.3 is 0 Å². The molecule has 1 unspecified atom stereocenters. The van der Waals surface area contributed by atoms with Gasteiger partial charge < -0.3 is 15.8 Å². The maximum Gasteiger partial charge on any atom is 0.228 e. The number of ether oxygens (including phenoxy) is 1. The van der Waals surface area contributed by atoms with E-state index in [-0.39, 0.29) is 23.1 Å². The zero-order valence-corrected chi connectivity index (χ0v) is 22.6. The topological polar surface area (TPSA) is 107 Å². The number of rotatable bonds is 8. The minimum absolute atomic E-state index is 0.183. The standard InChI is InChI=1S/C29H34N4O3S/c1-19-14-20(15-28(34)33-21(17-30)18-32-29(2,3)4)8-11-26(19)36-27-12-13-31-25-10-9-23(16-24(25)27)37(35)22-6-5-7-22/h8-14,16-18,22H,5-7,15,30H2,1-4H3,(H,33,34). The average molecular weight is 519 g/mol. The van der Waals surface area contributed by atoms with Crippen molar-refractivity contribution < 1.29 is 13.7 Å². The lowest BCUT2D eigenvalue weighted by Gasteiger charge is -2.24. The van der Waals surface area contributed by atoms with Gasteiger partial charge in [0, 0.05) is 34.1 Å². The number of aromatic nitrogens is 1. The molecule has 1 aromatic heterocycles. The molecule has 194 valence electrons. The Morgan fingerprint density at radius 3 is 2.62 bits per heavy atom. The molecule has 0 spiro atoms. The van der Waals surface area contributed by atoms with Crippen molar-refractivity contribution in [1.29, 1.82) is 0 Å². The molecule has 1 heterocycles. The zero-order chi connectivity index (χ0) is 26.6. The Morgan fingerprint density at radius 2 is 1.97 bits per heavy atom. The maximum atomic E-state index is 12.9. The smallest absolute Gasteiger partial charge is 0.228 e. The summed E-state index contributed by atoms with van der Waals surface area (Å²) in [6.45, 7) is 7.85. The van der Waals surface area contributed by atoms with E-state index < -0.39 is 10.8 Å². The summed E-state index contributed by atoms with van der Waals surface area (Å²) >= 11 is 0. The number of aliphatic imine (C=N–C) groups is 1. The molecule has 8 heteroatoms. The summed E-state index contributed by atoms with van der Waals surface area (Å²) in [4.78, 5) is 22.2. The average Bonchev–Trinajstić information content (AvgIpc) is 2.81. The molecule has 37 heavy (non-hydrogen) atoms. The van der Waals surface area contributed by atoms with Crippen molar-refractivity contribution in [3.63, 3.8) is 0 Å². The second-order valence-electron chi connectivity index (χ2n) is 10.3. The lowest BCUT2D eigenvalue weighted by atomic mass is 10.00. The molecule has 0 saturated heterocycles. The molecule has 1 fully saturated rings. The lowest BCUT2D eigenvalue weighted by molar-refractivity contribution is -0.119. The third kappa shape index (κ3) is 6.83. The molecule has 1 saturated carbocycles. The minimum Gasteiger partial charge on any atom is -0.456 e. The third-order valence-electron chi connectivity index (χ3n) is 6.14. The van der Waals surface area contributed by atoms with Crippen LogP contribution in [0.4, 0.5) is 0 Å². The van der Waals surface area contributed by atoms with Gasteiger partial charge in [0.15, 0.2) is 0 Å². The molecule has 0 bridgehead atoms. The van der Waals surface area contributed by atoms with Crippen molar-refractivity contribution >= 4 is 33.8 Å². The van der Waals surface area contributed by atoms with Crippen molar-refractivity contribution in [3.8, 4) is 11.5 Å². The fraction of sp³-hybridized carbons (Fsp3) is 0.345. The number of allylic oxidation sites excluding steroid dienone is 1. The Bertz CT molecular complexity index is 1390. The predicted octanol–water partition coefficient (Wildman–Crippen LogP) is 5.32. The summed E-state index contributed by atoms with van der Waals surface area (Å²) in [5, 5.41) is 3.87. The van der Waals surface area contributed by atoms with Crippen molar-refractivity contribution in [1.82, 2.24) is 10.3 Å². The largest absolute Gasteiger partial charge is 0.456 e. The number of pyridine rings is 1. The molecular weight excluding hydrogens is 484 g/mol. The highest BCUT2D eigenvalue weighted by atomic mass is 32.2. The molecule has 2 aromatic carbocycles. The molecule has 1 aliphatic carbocycles. The number of amides is 1. The van der Waals surface area contributed by atoms with E-state index >= 15 is 0 Å². The molecule has 0 radical (unpaired) electrons. The summed E-state index contributed by atoms with van der Waals surface area (Å²) in [5.74, 6) is 1.15. The van der Waals surface area contributed by atoms with Crippen LogP contribution < -0.4 is 15.8 Å². The Hall–Kier alpha value is -3.52. The second-order valence-corrected chi connectivity index (χ2v) is 12.0. The Kier molecular flexibility index (Phi) is 8.07. The molecule has 0 aliphatic heterocycles. The Labute approximate surface area is 220 Å². The molecule has 4 rings (SSSR count). The number of carbonyl (C=O) groups excluding carboxylic acids is 1. The summed E-state index contributed by atoms with van der Waals surface area (Å²) in [5.41, 5.74) is 8.38. The Balaban J connectivity index is 1.48. The van der Waals surface area contributed by atoms with Crippen LogP contribution in [-0.4, -0.2) is 32.1 Å². The van der Waals surface area contributed by atoms with Crippen LogP contribution in [-0.2, 0) is 22.0 Å². The summed E-state index contributed by atoms with van der Waals surface area (Å²) in [7, 11) is -1.02. The van der Waals surface area contributed by atoms with Gasteiger partial charge in [-0.2, -0.15) is 0 Å². The summed E-state index contributed by atoms with van der Waals surface area (Å²) in [6, 6.07) is 13.2. The molecule has 3 aromatic rings. The molecular formula is C29H34N4O3S. The monoisotopic (exact) mass is 518 g/mol. The number of nitrogens with two attached hydrogens (primary N) is 1. The van der Waals surface area contributed by atoms with Crippen LogP contribution in [0.2, 0.25) is 0 Å². The van der Waals surface area contributed by atoms with Crippen LogP contribution in [0.25, 0.3) is 10.9 Å². The molecule has 1 atom stereocenters. The first-order chi connectivity index (χ1) is 17.6. The van der Waals surface area contributed by atoms with E-state index in [0.717, 1.165) is 46.2 Å². The highest BCUT2D eigenvalue weighted by Gasteiger charge is 2.25.